The van der Waals surface area contributed by atoms with Crippen LogP contribution in [-0.2, 0) is 4.79 Å². The Morgan fingerprint density at radius 1 is 1.20 bits per heavy atom. The van der Waals surface area contributed by atoms with Crippen molar-refractivity contribution in [2.24, 2.45) is 5.92 Å². The third kappa shape index (κ3) is 3.97. The van der Waals surface area contributed by atoms with Gasteiger partial charge in [-0.05, 0) is 68.1 Å². The second-order valence-electron chi connectivity index (χ2n) is 7.33. The van der Waals surface area contributed by atoms with E-state index in [0.717, 1.165) is 5.75 Å². The van der Waals surface area contributed by atoms with E-state index in [2.05, 4.69) is 5.32 Å². The highest BCUT2D eigenvalue weighted by atomic mass is 16.5. The van der Waals surface area contributed by atoms with Crippen LogP contribution in [0, 0.1) is 5.92 Å². The van der Waals surface area contributed by atoms with Gasteiger partial charge in [0.25, 0.3) is 5.91 Å². The van der Waals surface area contributed by atoms with Crippen molar-refractivity contribution in [3.63, 3.8) is 0 Å². The molecule has 5 nitrogen and oxygen atoms in total. The molecule has 0 atom stereocenters. The molecule has 25 heavy (non-hydrogen) atoms. The molecule has 2 fully saturated rings. The Balaban J connectivity index is 1.79. The number of carbonyl (C=O) groups excluding carboxylic acids is 1. The molecule has 2 aliphatic carbocycles. The summed E-state index contributed by atoms with van der Waals surface area (Å²) in [6.07, 6.45) is 5.45. The van der Waals surface area contributed by atoms with Gasteiger partial charge in [-0.25, -0.2) is 4.79 Å². The minimum absolute atomic E-state index is 0.343. The molecule has 0 aliphatic heterocycles. The van der Waals surface area contributed by atoms with Gasteiger partial charge < -0.3 is 15.2 Å². The lowest BCUT2D eigenvalue weighted by Gasteiger charge is -2.28. The number of hydrogen-bond donors (Lipinski definition) is 2. The number of aliphatic carboxylic acids is 1. The summed E-state index contributed by atoms with van der Waals surface area (Å²) in [4.78, 5) is 24.3. The number of amides is 1. The van der Waals surface area contributed by atoms with E-state index in [1.54, 1.807) is 26.0 Å². The summed E-state index contributed by atoms with van der Waals surface area (Å²) in [6.45, 7) is 4.25. The molecule has 0 unspecified atom stereocenters. The minimum Gasteiger partial charge on any atom is -0.493 e. The Hall–Kier alpha value is -2.04. The van der Waals surface area contributed by atoms with Crippen LogP contribution in [0.1, 0.15) is 74.2 Å². The summed E-state index contributed by atoms with van der Waals surface area (Å²) < 4.78 is 5.99. The highest BCUT2D eigenvalue weighted by Crippen LogP contribution is 2.45. The van der Waals surface area contributed by atoms with Crippen LogP contribution >= 0.6 is 0 Å². The first-order valence-corrected chi connectivity index (χ1v) is 9.31. The van der Waals surface area contributed by atoms with Gasteiger partial charge in [-0.3, -0.25) is 4.79 Å². The Kier molecular flexibility index (Phi) is 5.02. The molecule has 0 aromatic heterocycles. The van der Waals surface area contributed by atoms with Gasteiger partial charge >= 0.3 is 5.97 Å². The maximum Gasteiger partial charge on any atom is 0.329 e. The average molecular weight is 345 g/mol. The van der Waals surface area contributed by atoms with Crippen molar-refractivity contribution in [3.8, 4) is 5.75 Å². The fourth-order valence-corrected chi connectivity index (χ4v) is 3.10. The van der Waals surface area contributed by atoms with E-state index in [4.69, 9.17) is 4.74 Å². The SMILES string of the molecule is CCC(CC)(NC(=O)c1ccc(C2CC2)c(OCC2CC2)c1)C(=O)O. The first-order chi connectivity index (χ1) is 12.0. The number of nitrogens with one attached hydrogen (secondary N) is 1. The number of carbonyl (C=O) groups is 2. The number of carboxylic acids is 1. The fourth-order valence-electron chi connectivity index (χ4n) is 3.10. The molecule has 136 valence electrons. The van der Waals surface area contributed by atoms with E-state index in [9.17, 15) is 14.7 Å². The zero-order valence-corrected chi connectivity index (χ0v) is 15.0. The van der Waals surface area contributed by atoms with Crippen LogP contribution in [0.3, 0.4) is 0 Å². The molecule has 0 spiro atoms. The molecule has 1 amide bonds. The van der Waals surface area contributed by atoms with Gasteiger partial charge in [-0.2, -0.15) is 0 Å². The Bertz CT molecular complexity index is 658. The maximum atomic E-state index is 12.7. The highest BCUT2D eigenvalue weighted by molar-refractivity contribution is 5.98. The highest BCUT2D eigenvalue weighted by Gasteiger charge is 2.37. The second-order valence-corrected chi connectivity index (χ2v) is 7.33. The van der Waals surface area contributed by atoms with Gasteiger partial charge in [0.2, 0.25) is 0 Å². The molecule has 0 heterocycles. The van der Waals surface area contributed by atoms with Crippen LogP contribution < -0.4 is 10.1 Å². The molecule has 0 saturated heterocycles. The largest absolute Gasteiger partial charge is 0.493 e. The number of carboxylic acid groups (broad SMARTS) is 1. The van der Waals surface area contributed by atoms with Crippen LogP contribution in [-0.4, -0.2) is 29.1 Å². The molecule has 5 heteroatoms. The number of benzene rings is 1. The van der Waals surface area contributed by atoms with Gasteiger partial charge in [0.1, 0.15) is 11.3 Å². The quantitative estimate of drug-likeness (QED) is 0.715. The van der Waals surface area contributed by atoms with Gasteiger partial charge in [0.05, 0.1) is 6.61 Å². The second kappa shape index (κ2) is 7.06. The summed E-state index contributed by atoms with van der Waals surface area (Å²) in [7, 11) is 0. The Morgan fingerprint density at radius 3 is 2.40 bits per heavy atom. The minimum atomic E-state index is -1.22. The summed E-state index contributed by atoms with van der Waals surface area (Å²) in [5.41, 5.74) is 0.414. The molecule has 2 aliphatic rings. The fraction of sp³-hybridized carbons (Fsp3) is 0.600. The molecular formula is C20H27NO4. The molecule has 0 radical (unpaired) electrons. The van der Waals surface area contributed by atoms with Crippen molar-refractivity contribution in [3.05, 3.63) is 29.3 Å². The van der Waals surface area contributed by atoms with Crippen molar-refractivity contribution >= 4 is 11.9 Å². The van der Waals surface area contributed by atoms with Crippen molar-refractivity contribution in [1.82, 2.24) is 5.32 Å². The van der Waals surface area contributed by atoms with Crippen molar-refractivity contribution in [1.29, 1.82) is 0 Å². The molecule has 2 saturated carbocycles. The lowest BCUT2D eigenvalue weighted by molar-refractivity contribution is -0.144. The smallest absolute Gasteiger partial charge is 0.329 e. The summed E-state index contributed by atoms with van der Waals surface area (Å²) in [5, 5.41) is 12.2. The monoisotopic (exact) mass is 345 g/mol. The lowest BCUT2D eigenvalue weighted by Crippen LogP contribution is -2.53. The first-order valence-electron chi connectivity index (χ1n) is 9.31. The van der Waals surface area contributed by atoms with E-state index in [-0.39, 0.29) is 5.91 Å². The van der Waals surface area contributed by atoms with E-state index in [1.807, 2.05) is 6.07 Å². The molecular weight excluding hydrogens is 318 g/mol. The number of hydrogen-bond acceptors (Lipinski definition) is 3. The van der Waals surface area contributed by atoms with Gasteiger partial charge in [-0.1, -0.05) is 19.9 Å². The van der Waals surface area contributed by atoms with E-state index in [1.165, 1.54) is 31.2 Å². The van der Waals surface area contributed by atoms with Crippen LogP contribution in [0.4, 0.5) is 0 Å². The van der Waals surface area contributed by atoms with Gasteiger partial charge in [0, 0.05) is 5.56 Å². The Morgan fingerprint density at radius 2 is 1.88 bits per heavy atom. The predicted octanol–water partition coefficient (Wildman–Crippen LogP) is 3.73. The summed E-state index contributed by atoms with van der Waals surface area (Å²) in [5.74, 6) is 0.617. The molecule has 1 aromatic rings. The van der Waals surface area contributed by atoms with E-state index >= 15 is 0 Å². The molecule has 1 aromatic carbocycles. The van der Waals surface area contributed by atoms with Crippen LogP contribution in [0.15, 0.2) is 18.2 Å². The predicted molar refractivity (Wildman–Crippen MR) is 95.1 cm³/mol. The van der Waals surface area contributed by atoms with Crippen molar-refractivity contribution < 1.29 is 19.4 Å². The van der Waals surface area contributed by atoms with Crippen LogP contribution in [0.2, 0.25) is 0 Å². The number of ether oxygens (including phenoxy) is 1. The standard InChI is InChI=1S/C20H27NO4/c1-3-20(4-2,19(23)24)21-18(22)15-9-10-16(14-7-8-14)17(11-15)25-12-13-5-6-13/h9-11,13-14H,3-8,12H2,1-2H3,(H,21,22)(H,23,24). The Labute approximate surface area is 148 Å². The van der Waals surface area contributed by atoms with E-state index < -0.39 is 11.5 Å². The molecule has 0 bridgehead atoms. The molecule has 3 rings (SSSR count). The summed E-state index contributed by atoms with van der Waals surface area (Å²) in [6, 6.07) is 5.53. The third-order valence-electron chi connectivity index (χ3n) is 5.43. The normalized spacial score (nSPS) is 17.2. The molecule has 2 N–H and O–H groups in total. The van der Waals surface area contributed by atoms with Crippen LogP contribution in [0.25, 0.3) is 0 Å². The van der Waals surface area contributed by atoms with Gasteiger partial charge in [0.15, 0.2) is 0 Å². The van der Waals surface area contributed by atoms with E-state index in [0.29, 0.717) is 36.8 Å². The van der Waals surface area contributed by atoms with Gasteiger partial charge in [-0.15, -0.1) is 0 Å². The maximum absolute atomic E-state index is 12.7. The first kappa shape index (κ1) is 17.8. The average Bonchev–Trinajstić information content (AvgIpc) is 3.50. The summed E-state index contributed by atoms with van der Waals surface area (Å²) >= 11 is 0. The topological polar surface area (TPSA) is 75.6 Å². The number of rotatable bonds is 9. The lowest BCUT2D eigenvalue weighted by atomic mass is 9.92. The van der Waals surface area contributed by atoms with Crippen LogP contribution in [0.5, 0.6) is 5.75 Å². The van der Waals surface area contributed by atoms with Crippen molar-refractivity contribution in [2.75, 3.05) is 6.61 Å². The zero-order valence-electron chi connectivity index (χ0n) is 15.0. The zero-order chi connectivity index (χ0) is 18.0. The third-order valence-corrected chi connectivity index (χ3v) is 5.43. The van der Waals surface area contributed by atoms with Crippen molar-refractivity contribution in [2.45, 2.75) is 63.8 Å².